The van der Waals surface area contributed by atoms with Crippen LogP contribution >= 0.6 is 27.5 Å². The van der Waals surface area contributed by atoms with E-state index in [1.807, 2.05) is 0 Å². The van der Waals surface area contributed by atoms with Crippen LogP contribution in [0.3, 0.4) is 0 Å². The van der Waals surface area contributed by atoms with Crippen molar-refractivity contribution in [2.24, 2.45) is 0 Å². The van der Waals surface area contributed by atoms with Gasteiger partial charge in [-0.15, -0.1) is 0 Å². The molecule has 0 atom stereocenters. The highest BCUT2D eigenvalue weighted by molar-refractivity contribution is 9.10. The molecule has 0 bridgehead atoms. The molecule has 25 heavy (non-hydrogen) atoms. The number of aromatic amines is 1. The molecular formula is C17H12BrClN2O3S. The van der Waals surface area contributed by atoms with Crippen LogP contribution in [0.15, 0.2) is 73.7 Å². The molecule has 0 spiro atoms. The smallest absolute Gasteiger partial charge is 0.264 e. The Kier molecular flexibility index (Phi) is 5.08. The van der Waals surface area contributed by atoms with Gasteiger partial charge in [-0.25, -0.2) is 13.5 Å². The van der Waals surface area contributed by atoms with Gasteiger partial charge in [0.1, 0.15) is 0 Å². The summed E-state index contributed by atoms with van der Waals surface area (Å²) in [5, 5.41) is 6.44. The molecule has 0 saturated heterocycles. The van der Waals surface area contributed by atoms with Crippen LogP contribution in [0, 0.1) is 0 Å². The molecule has 0 amide bonds. The van der Waals surface area contributed by atoms with Crippen LogP contribution in [-0.4, -0.2) is 18.6 Å². The van der Waals surface area contributed by atoms with Gasteiger partial charge in [-0.05, 0) is 42.0 Å². The molecule has 0 aliphatic rings. The van der Waals surface area contributed by atoms with Crippen molar-refractivity contribution in [1.82, 2.24) is 10.2 Å². The number of hydrogen-bond acceptors (Lipinski definition) is 4. The van der Waals surface area contributed by atoms with Crippen LogP contribution in [0.5, 0.6) is 0 Å². The van der Waals surface area contributed by atoms with Crippen molar-refractivity contribution in [1.29, 1.82) is 0 Å². The standard InChI is InChI=1S/C17H12BrClN2O3S/c18-12-2-1-3-14(10-12)25(23,24)16-9-11(4-6-15(16)19)8-13-5-7-17(22)21-20-13/h1-7,9-10H,8H2,(H,21,22). The van der Waals surface area contributed by atoms with Crippen molar-refractivity contribution < 1.29 is 8.42 Å². The topological polar surface area (TPSA) is 79.9 Å². The third-order valence-corrected chi connectivity index (χ3v) is 6.24. The number of rotatable bonds is 4. The van der Waals surface area contributed by atoms with Gasteiger partial charge in [0.2, 0.25) is 9.84 Å². The van der Waals surface area contributed by atoms with Gasteiger partial charge in [0, 0.05) is 17.0 Å². The number of aromatic nitrogens is 2. The molecule has 5 nitrogen and oxygen atoms in total. The second kappa shape index (κ2) is 7.11. The summed E-state index contributed by atoms with van der Waals surface area (Å²) in [7, 11) is -3.75. The summed E-state index contributed by atoms with van der Waals surface area (Å²) in [4.78, 5) is 11.3. The van der Waals surface area contributed by atoms with Gasteiger partial charge in [0.05, 0.1) is 20.5 Å². The quantitative estimate of drug-likeness (QED) is 0.673. The Morgan fingerprint density at radius 1 is 1.08 bits per heavy atom. The van der Waals surface area contributed by atoms with E-state index in [1.54, 1.807) is 30.3 Å². The van der Waals surface area contributed by atoms with E-state index >= 15 is 0 Å². The molecule has 3 aromatic rings. The molecule has 1 N–H and O–H groups in total. The van der Waals surface area contributed by atoms with Gasteiger partial charge < -0.3 is 0 Å². The normalized spacial score (nSPS) is 11.4. The summed E-state index contributed by atoms with van der Waals surface area (Å²) < 4.78 is 26.4. The first kappa shape index (κ1) is 17.8. The first-order valence-electron chi connectivity index (χ1n) is 7.20. The number of nitrogens with one attached hydrogen (secondary N) is 1. The summed E-state index contributed by atoms with van der Waals surface area (Å²) in [5.74, 6) is 0. The Morgan fingerprint density at radius 2 is 1.88 bits per heavy atom. The second-order valence-corrected chi connectivity index (χ2v) is 8.56. The minimum absolute atomic E-state index is 0.0363. The van der Waals surface area contributed by atoms with Crippen molar-refractivity contribution >= 4 is 37.4 Å². The van der Waals surface area contributed by atoms with E-state index in [-0.39, 0.29) is 20.4 Å². The van der Waals surface area contributed by atoms with Crippen molar-refractivity contribution in [2.75, 3.05) is 0 Å². The van der Waals surface area contributed by atoms with Gasteiger partial charge in [-0.1, -0.05) is 39.7 Å². The van der Waals surface area contributed by atoms with E-state index in [9.17, 15) is 13.2 Å². The maximum absolute atomic E-state index is 12.9. The van der Waals surface area contributed by atoms with Crippen molar-refractivity contribution in [3.05, 3.63) is 85.7 Å². The zero-order valence-corrected chi connectivity index (χ0v) is 15.9. The lowest BCUT2D eigenvalue weighted by Gasteiger charge is -2.09. The summed E-state index contributed by atoms with van der Waals surface area (Å²) in [6.45, 7) is 0. The Hall–Kier alpha value is -1.96. The second-order valence-electron chi connectivity index (χ2n) is 5.31. The number of halogens is 2. The highest BCUT2D eigenvalue weighted by atomic mass is 79.9. The van der Waals surface area contributed by atoms with Gasteiger partial charge >= 0.3 is 0 Å². The molecule has 1 aromatic heterocycles. The molecule has 2 aromatic carbocycles. The number of sulfone groups is 1. The third-order valence-electron chi connectivity index (χ3n) is 3.51. The van der Waals surface area contributed by atoms with Crippen LogP contribution in [0.2, 0.25) is 5.02 Å². The zero-order chi connectivity index (χ0) is 18.0. The maximum atomic E-state index is 12.9. The number of benzene rings is 2. The van der Waals surface area contributed by atoms with Crippen LogP contribution in [-0.2, 0) is 16.3 Å². The van der Waals surface area contributed by atoms with Crippen LogP contribution < -0.4 is 5.56 Å². The van der Waals surface area contributed by atoms with Gasteiger partial charge in [0.15, 0.2) is 0 Å². The monoisotopic (exact) mass is 438 g/mol. The SMILES string of the molecule is O=c1ccc(Cc2ccc(Cl)c(S(=O)(=O)c3cccc(Br)c3)c2)n[nH]1. The van der Waals surface area contributed by atoms with Crippen LogP contribution in [0.25, 0.3) is 0 Å². The minimum atomic E-state index is -3.75. The van der Waals surface area contributed by atoms with E-state index in [1.165, 1.54) is 24.3 Å². The third kappa shape index (κ3) is 4.00. The molecule has 1 heterocycles. The number of H-pyrrole nitrogens is 1. The Balaban J connectivity index is 2.02. The Labute approximate surface area is 157 Å². The highest BCUT2D eigenvalue weighted by Gasteiger charge is 2.21. The summed E-state index contributed by atoms with van der Waals surface area (Å²) >= 11 is 9.42. The fourth-order valence-electron chi connectivity index (χ4n) is 2.31. The van der Waals surface area contributed by atoms with Crippen LogP contribution in [0.4, 0.5) is 0 Å². The molecule has 0 fully saturated rings. The van der Waals surface area contributed by atoms with Crippen LogP contribution in [0.1, 0.15) is 11.3 Å². The van der Waals surface area contributed by atoms with Crippen molar-refractivity contribution in [3.63, 3.8) is 0 Å². The average Bonchev–Trinajstić information content (AvgIpc) is 2.58. The van der Waals surface area contributed by atoms with E-state index < -0.39 is 9.84 Å². The van der Waals surface area contributed by atoms with E-state index in [4.69, 9.17) is 11.6 Å². The first-order valence-corrected chi connectivity index (χ1v) is 9.85. The summed E-state index contributed by atoms with van der Waals surface area (Å²) in [6, 6.07) is 14.2. The van der Waals surface area contributed by atoms with Gasteiger partial charge in [-0.2, -0.15) is 5.10 Å². The van der Waals surface area contributed by atoms with Gasteiger partial charge in [0.25, 0.3) is 5.56 Å². The lowest BCUT2D eigenvalue weighted by molar-refractivity contribution is 0.596. The molecule has 128 valence electrons. The fraction of sp³-hybridized carbons (Fsp3) is 0.0588. The van der Waals surface area contributed by atoms with E-state index in [0.29, 0.717) is 16.6 Å². The summed E-state index contributed by atoms with van der Waals surface area (Å²) in [6.07, 6.45) is 0.370. The highest BCUT2D eigenvalue weighted by Crippen LogP contribution is 2.30. The molecule has 0 aliphatic carbocycles. The fourth-order valence-corrected chi connectivity index (χ4v) is 4.70. The van der Waals surface area contributed by atoms with E-state index in [2.05, 4.69) is 26.1 Å². The van der Waals surface area contributed by atoms with Crippen molar-refractivity contribution in [2.45, 2.75) is 16.2 Å². The molecule has 8 heteroatoms. The molecule has 0 unspecified atom stereocenters. The maximum Gasteiger partial charge on any atom is 0.264 e. The van der Waals surface area contributed by atoms with E-state index in [0.717, 1.165) is 5.56 Å². The first-order chi connectivity index (χ1) is 11.9. The Bertz CT molecular complexity index is 1080. The molecule has 0 aliphatic heterocycles. The average molecular weight is 440 g/mol. The lowest BCUT2D eigenvalue weighted by atomic mass is 10.1. The molecule has 0 radical (unpaired) electrons. The predicted molar refractivity (Wildman–Crippen MR) is 98.7 cm³/mol. The summed E-state index contributed by atoms with van der Waals surface area (Å²) in [5.41, 5.74) is 1.04. The predicted octanol–water partition coefficient (Wildman–Crippen LogP) is 3.61. The van der Waals surface area contributed by atoms with Gasteiger partial charge in [-0.3, -0.25) is 4.79 Å². The molecule has 3 rings (SSSR count). The Morgan fingerprint density at radius 3 is 2.56 bits per heavy atom. The zero-order valence-electron chi connectivity index (χ0n) is 12.7. The lowest BCUT2D eigenvalue weighted by Crippen LogP contribution is -2.08. The minimum Gasteiger partial charge on any atom is -0.268 e. The number of nitrogens with zero attached hydrogens (tertiary/aromatic N) is 1. The molecule has 0 saturated carbocycles. The largest absolute Gasteiger partial charge is 0.268 e. The van der Waals surface area contributed by atoms with Crippen molar-refractivity contribution in [3.8, 4) is 0 Å². The molecular weight excluding hydrogens is 428 g/mol. The number of hydrogen-bond donors (Lipinski definition) is 1.